The number of hydrogen-bond donors (Lipinski definition) is 1. The number of benzene rings is 1. The van der Waals surface area contributed by atoms with Gasteiger partial charge in [-0.15, -0.1) is 0 Å². The second kappa shape index (κ2) is 3.14. The van der Waals surface area contributed by atoms with E-state index in [1.807, 2.05) is 0 Å². The number of halogens is 1. The first-order valence-electron chi connectivity index (χ1n) is 4.06. The molecule has 0 radical (unpaired) electrons. The van der Waals surface area contributed by atoms with Gasteiger partial charge in [-0.05, 0) is 18.7 Å². The summed E-state index contributed by atoms with van der Waals surface area (Å²) in [4.78, 5) is 0. The summed E-state index contributed by atoms with van der Waals surface area (Å²) >= 11 is 0. The smallest absolute Gasteiger partial charge is 0.152 e. The number of rotatable bonds is 2. The minimum absolute atomic E-state index is 0.283. The number of fused-ring (bicyclic) bond motifs is 1. The Morgan fingerprint density at radius 2 is 2.31 bits per heavy atom. The molecule has 68 valence electrons. The fourth-order valence-electron chi connectivity index (χ4n) is 1.29. The van der Waals surface area contributed by atoms with E-state index in [-0.39, 0.29) is 11.3 Å². The first-order chi connectivity index (χ1) is 6.33. The Kier molecular flexibility index (Phi) is 1.98. The average Bonchev–Trinajstić information content (AvgIpc) is 2.51. The Morgan fingerprint density at radius 3 is 3.08 bits per heavy atom. The summed E-state index contributed by atoms with van der Waals surface area (Å²) < 4.78 is 18.1. The van der Waals surface area contributed by atoms with Crippen molar-refractivity contribution in [2.24, 2.45) is 5.73 Å². The maximum atomic E-state index is 13.1. The molecule has 4 heteroatoms. The van der Waals surface area contributed by atoms with Crippen LogP contribution in [0.15, 0.2) is 22.7 Å². The number of aromatic nitrogens is 1. The minimum Gasteiger partial charge on any atom is -0.360 e. The molecule has 2 N–H and O–H groups in total. The van der Waals surface area contributed by atoms with Gasteiger partial charge >= 0.3 is 0 Å². The van der Waals surface area contributed by atoms with Crippen molar-refractivity contribution in [1.82, 2.24) is 5.16 Å². The van der Waals surface area contributed by atoms with Crippen molar-refractivity contribution in [3.05, 3.63) is 29.8 Å². The molecule has 0 aliphatic rings. The predicted octanol–water partition coefficient (Wildman–Crippen LogP) is 1.47. The Hall–Kier alpha value is -1.42. The van der Waals surface area contributed by atoms with E-state index >= 15 is 0 Å². The zero-order valence-corrected chi connectivity index (χ0v) is 6.96. The lowest BCUT2D eigenvalue weighted by Crippen LogP contribution is -2.01. The van der Waals surface area contributed by atoms with Gasteiger partial charge in [0, 0.05) is 11.8 Å². The molecule has 13 heavy (non-hydrogen) atoms. The van der Waals surface area contributed by atoms with E-state index < -0.39 is 0 Å². The SMILES string of the molecule is NCCc1onc2c(F)cccc12. The summed E-state index contributed by atoms with van der Waals surface area (Å²) in [6, 6.07) is 4.77. The quantitative estimate of drug-likeness (QED) is 0.761. The fourth-order valence-corrected chi connectivity index (χ4v) is 1.29. The van der Waals surface area contributed by atoms with E-state index in [4.69, 9.17) is 10.3 Å². The van der Waals surface area contributed by atoms with Crippen molar-refractivity contribution < 1.29 is 8.91 Å². The van der Waals surface area contributed by atoms with Crippen LogP contribution in [0.3, 0.4) is 0 Å². The molecule has 1 heterocycles. The van der Waals surface area contributed by atoms with E-state index in [2.05, 4.69) is 5.16 Å². The normalized spacial score (nSPS) is 10.9. The van der Waals surface area contributed by atoms with Crippen LogP contribution >= 0.6 is 0 Å². The zero-order chi connectivity index (χ0) is 9.26. The van der Waals surface area contributed by atoms with Crippen LogP contribution in [-0.4, -0.2) is 11.7 Å². The van der Waals surface area contributed by atoms with E-state index in [0.717, 1.165) is 0 Å². The van der Waals surface area contributed by atoms with Crippen LogP contribution in [0.2, 0.25) is 0 Å². The second-order valence-corrected chi connectivity index (χ2v) is 2.78. The molecule has 1 aromatic carbocycles. The minimum atomic E-state index is -0.357. The van der Waals surface area contributed by atoms with Crippen molar-refractivity contribution in [2.75, 3.05) is 6.54 Å². The topological polar surface area (TPSA) is 52.0 Å². The molecule has 0 aliphatic heterocycles. The van der Waals surface area contributed by atoms with E-state index in [1.165, 1.54) is 6.07 Å². The Balaban J connectivity index is 2.61. The Labute approximate surface area is 74.3 Å². The third-order valence-electron chi connectivity index (χ3n) is 1.91. The predicted molar refractivity (Wildman–Crippen MR) is 46.7 cm³/mol. The van der Waals surface area contributed by atoms with Gasteiger partial charge < -0.3 is 10.3 Å². The second-order valence-electron chi connectivity index (χ2n) is 2.78. The molecule has 0 bridgehead atoms. The summed E-state index contributed by atoms with van der Waals surface area (Å²) in [5, 5.41) is 4.34. The van der Waals surface area contributed by atoms with Gasteiger partial charge in [-0.1, -0.05) is 11.2 Å². The number of nitrogens with zero attached hydrogens (tertiary/aromatic N) is 1. The van der Waals surface area contributed by atoms with Gasteiger partial charge in [0.25, 0.3) is 0 Å². The number of hydrogen-bond acceptors (Lipinski definition) is 3. The monoisotopic (exact) mass is 180 g/mol. The van der Waals surface area contributed by atoms with Gasteiger partial charge in [0.05, 0.1) is 0 Å². The highest BCUT2D eigenvalue weighted by atomic mass is 19.1. The van der Waals surface area contributed by atoms with Crippen molar-refractivity contribution in [1.29, 1.82) is 0 Å². The van der Waals surface area contributed by atoms with Crippen LogP contribution in [0.25, 0.3) is 10.9 Å². The Bertz CT molecular complexity index is 424. The van der Waals surface area contributed by atoms with Gasteiger partial charge in [-0.25, -0.2) is 4.39 Å². The summed E-state index contributed by atoms with van der Waals surface area (Å²) in [6.45, 7) is 0.473. The van der Waals surface area contributed by atoms with Crippen molar-refractivity contribution in [3.63, 3.8) is 0 Å². The summed E-state index contributed by atoms with van der Waals surface area (Å²) in [5.41, 5.74) is 5.65. The fraction of sp³-hybridized carbons (Fsp3) is 0.222. The van der Waals surface area contributed by atoms with Crippen LogP contribution in [-0.2, 0) is 6.42 Å². The molecule has 0 fully saturated rings. The van der Waals surface area contributed by atoms with E-state index in [9.17, 15) is 4.39 Å². The molecule has 1 aromatic heterocycles. The highest BCUT2D eigenvalue weighted by molar-refractivity contribution is 5.80. The summed E-state index contributed by atoms with van der Waals surface area (Å²) in [5.74, 6) is 0.293. The lowest BCUT2D eigenvalue weighted by molar-refractivity contribution is 0.390. The molecule has 3 nitrogen and oxygen atoms in total. The summed E-state index contributed by atoms with van der Waals surface area (Å²) in [7, 11) is 0. The highest BCUT2D eigenvalue weighted by Crippen LogP contribution is 2.20. The van der Waals surface area contributed by atoms with Crippen molar-refractivity contribution >= 4 is 10.9 Å². The van der Waals surface area contributed by atoms with Crippen molar-refractivity contribution in [2.45, 2.75) is 6.42 Å². The standard InChI is InChI=1S/C9H9FN2O/c10-7-3-1-2-6-8(4-5-11)13-12-9(6)7/h1-3H,4-5,11H2. The molecule has 0 atom stereocenters. The lowest BCUT2D eigenvalue weighted by atomic mass is 10.2. The third-order valence-corrected chi connectivity index (χ3v) is 1.91. The Morgan fingerprint density at radius 1 is 1.46 bits per heavy atom. The van der Waals surface area contributed by atoms with Crippen LogP contribution in [0.1, 0.15) is 5.76 Å². The van der Waals surface area contributed by atoms with E-state index in [0.29, 0.717) is 24.1 Å². The molecular formula is C9H9FN2O. The van der Waals surface area contributed by atoms with Crippen LogP contribution in [0, 0.1) is 5.82 Å². The first-order valence-corrected chi connectivity index (χ1v) is 4.06. The van der Waals surface area contributed by atoms with Crippen LogP contribution in [0.5, 0.6) is 0 Å². The van der Waals surface area contributed by atoms with Crippen LogP contribution < -0.4 is 5.73 Å². The molecule has 0 saturated heterocycles. The molecule has 0 amide bonds. The maximum Gasteiger partial charge on any atom is 0.152 e. The van der Waals surface area contributed by atoms with Gasteiger partial charge in [0.2, 0.25) is 0 Å². The summed E-state index contributed by atoms with van der Waals surface area (Å²) in [6.07, 6.45) is 0.583. The highest BCUT2D eigenvalue weighted by Gasteiger charge is 2.09. The van der Waals surface area contributed by atoms with Gasteiger partial charge in [0.1, 0.15) is 11.3 Å². The average molecular weight is 180 g/mol. The van der Waals surface area contributed by atoms with Crippen LogP contribution in [0.4, 0.5) is 4.39 Å². The molecule has 0 spiro atoms. The molecule has 0 unspecified atom stereocenters. The lowest BCUT2D eigenvalue weighted by Gasteiger charge is -1.91. The third kappa shape index (κ3) is 1.29. The van der Waals surface area contributed by atoms with Crippen molar-refractivity contribution in [3.8, 4) is 0 Å². The molecule has 0 aliphatic carbocycles. The molecule has 0 saturated carbocycles. The molecule has 2 rings (SSSR count). The first kappa shape index (κ1) is 8.19. The maximum absolute atomic E-state index is 13.1. The molecule has 2 aromatic rings. The van der Waals surface area contributed by atoms with E-state index in [1.54, 1.807) is 12.1 Å². The van der Waals surface area contributed by atoms with Gasteiger partial charge in [0.15, 0.2) is 5.82 Å². The largest absolute Gasteiger partial charge is 0.360 e. The van der Waals surface area contributed by atoms with Gasteiger partial charge in [-0.3, -0.25) is 0 Å². The van der Waals surface area contributed by atoms with Gasteiger partial charge in [-0.2, -0.15) is 0 Å². The number of nitrogens with two attached hydrogens (primary N) is 1. The molecular weight excluding hydrogens is 171 g/mol. The zero-order valence-electron chi connectivity index (χ0n) is 6.96.